The number of hydrogen-bond donors (Lipinski definition) is 1. The Morgan fingerprint density at radius 2 is 2.07 bits per heavy atom. The lowest BCUT2D eigenvalue weighted by Crippen LogP contribution is -2.44. The molecule has 0 atom stereocenters. The highest BCUT2D eigenvalue weighted by molar-refractivity contribution is 5.34. The summed E-state index contributed by atoms with van der Waals surface area (Å²) >= 11 is 0. The molecule has 1 aliphatic rings. The summed E-state index contributed by atoms with van der Waals surface area (Å²) in [7, 11) is 1.63. The SMILES string of the molecule is COc1cc(C)nc(N2CCNCC2)n1. The summed E-state index contributed by atoms with van der Waals surface area (Å²) < 4.78 is 5.13. The summed E-state index contributed by atoms with van der Waals surface area (Å²) in [6.07, 6.45) is 0. The molecular weight excluding hydrogens is 192 g/mol. The Morgan fingerprint density at radius 3 is 2.73 bits per heavy atom. The fourth-order valence-corrected chi connectivity index (χ4v) is 1.64. The number of rotatable bonds is 2. The van der Waals surface area contributed by atoms with Crippen molar-refractivity contribution < 1.29 is 4.74 Å². The topological polar surface area (TPSA) is 50.3 Å². The molecule has 1 aliphatic heterocycles. The van der Waals surface area contributed by atoms with E-state index >= 15 is 0 Å². The second-order valence-corrected chi connectivity index (χ2v) is 3.59. The number of aryl methyl sites for hydroxylation is 1. The third-order valence-electron chi connectivity index (χ3n) is 2.43. The maximum atomic E-state index is 5.13. The molecule has 2 heterocycles. The molecule has 0 saturated carbocycles. The van der Waals surface area contributed by atoms with Crippen LogP contribution < -0.4 is 15.0 Å². The Hall–Kier alpha value is -1.36. The van der Waals surface area contributed by atoms with Crippen LogP contribution in [-0.2, 0) is 0 Å². The van der Waals surface area contributed by atoms with E-state index in [-0.39, 0.29) is 0 Å². The van der Waals surface area contributed by atoms with Gasteiger partial charge in [-0.05, 0) is 6.92 Å². The van der Waals surface area contributed by atoms with E-state index in [0.717, 1.165) is 37.8 Å². The van der Waals surface area contributed by atoms with Gasteiger partial charge in [0.15, 0.2) is 0 Å². The van der Waals surface area contributed by atoms with Gasteiger partial charge in [-0.15, -0.1) is 0 Å². The van der Waals surface area contributed by atoms with Crippen molar-refractivity contribution >= 4 is 5.95 Å². The molecule has 0 bridgehead atoms. The minimum Gasteiger partial charge on any atom is -0.481 e. The number of aromatic nitrogens is 2. The lowest BCUT2D eigenvalue weighted by Gasteiger charge is -2.27. The van der Waals surface area contributed by atoms with Crippen LogP contribution in [0.5, 0.6) is 5.88 Å². The van der Waals surface area contributed by atoms with Crippen molar-refractivity contribution in [3.8, 4) is 5.88 Å². The molecule has 0 aromatic carbocycles. The minimum absolute atomic E-state index is 0.635. The number of hydrogen-bond acceptors (Lipinski definition) is 5. The molecule has 82 valence electrons. The lowest BCUT2D eigenvalue weighted by molar-refractivity contribution is 0.395. The number of anilines is 1. The number of piperazine rings is 1. The van der Waals surface area contributed by atoms with Gasteiger partial charge in [-0.3, -0.25) is 0 Å². The summed E-state index contributed by atoms with van der Waals surface area (Å²) in [6, 6.07) is 1.84. The van der Waals surface area contributed by atoms with Crippen LogP contribution in [-0.4, -0.2) is 43.3 Å². The van der Waals surface area contributed by atoms with Crippen LogP contribution in [0.2, 0.25) is 0 Å². The number of nitrogens with one attached hydrogen (secondary N) is 1. The van der Waals surface area contributed by atoms with Gasteiger partial charge in [-0.1, -0.05) is 0 Å². The van der Waals surface area contributed by atoms with Gasteiger partial charge in [0.05, 0.1) is 7.11 Å². The molecule has 0 amide bonds. The van der Waals surface area contributed by atoms with Gasteiger partial charge in [-0.2, -0.15) is 4.98 Å². The van der Waals surface area contributed by atoms with Crippen molar-refractivity contribution in [2.24, 2.45) is 0 Å². The molecule has 0 radical (unpaired) electrons. The van der Waals surface area contributed by atoms with Gasteiger partial charge in [0.1, 0.15) is 0 Å². The average molecular weight is 208 g/mol. The van der Waals surface area contributed by atoms with Crippen LogP contribution in [0.3, 0.4) is 0 Å². The summed E-state index contributed by atoms with van der Waals surface area (Å²) in [5, 5.41) is 3.30. The van der Waals surface area contributed by atoms with E-state index in [2.05, 4.69) is 20.2 Å². The zero-order valence-electron chi connectivity index (χ0n) is 9.16. The van der Waals surface area contributed by atoms with Crippen LogP contribution >= 0.6 is 0 Å². The van der Waals surface area contributed by atoms with Crippen LogP contribution in [0.15, 0.2) is 6.07 Å². The van der Waals surface area contributed by atoms with Crippen LogP contribution in [0.4, 0.5) is 5.95 Å². The second kappa shape index (κ2) is 4.44. The van der Waals surface area contributed by atoms with E-state index in [0.29, 0.717) is 5.88 Å². The second-order valence-electron chi connectivity index (χ2n) is 3.59. The Morgan fingerprint density at radius 1 is 1.33 bits per heavy atom. The molecule has 1 aromatic rings. The number of methoxy groups -OCH3 is 1. The zero-order valence-corrected chi connectivity index (χ0v) is 9.16. The summed E-state index contributed by atoms with van der Waals surface area (Å²) in [6.45, 7) is 5.83. The number of nitrogens with zero attached hydrogens (tertiary/aromatic N) is 3. The molecule has 5 heteroatoms. The van der Waals surface area contributed by atoms with E-state index in [1.54, 1.807) is 7.11 Å². The van der Waals surface area contributed by atoms with E-state index < -0.39 is 0 Å². The molecule has 0 aliphatic carbocycles. The molecule has 5 nitrogen and oxygen atoms in total. The summed E-state index contributed by atoms with van der Waals surface area (Å²) in [4.78, 5) is 10.9. The smallest absolute Gasteiger partial charge is 0.228 e. The highest BCUT2D eigenvalue weighted by Gasteiger charge is 2.14. The molecule has 2 rings (SSSR count). The average Bonchev–Trinajstić information content (AvgIpc) is 2.29. The normalized spacial score (nSPS) is 16.5. The molecule has 1 N–H and O–H groups in total. The fraction of sp³-hybridized carbons (Fsp3) is 0.600. The Bertz CT molecular complexity index is 336. The van der Waals surface area contributed by atoms with E-state index in [1.165, 1.54) is 0 Å². The molecule has 1 aromatic heterocycles. The molecule has 0 unspecified atom stereocenters. The van der Waals surface area contributed by atoms with Crippen molar-refractivity contribution in [3.05, 3.63) is 11.8 Å². The van der Waals surface area contributed by atoms with Crippen LogP contribution in [0, 0.1) is 6.92 Å². The zero-order chi connectivity index (χ0) is 10.7. The highest BCUT2D eigenvalue weighted by Crippen LogP contribution is 2.15. The van der Waals surface area contributed by atoms with Crippen molar-refractivity contribution in [2.75, 3.05) is 38.2 Å². The molecule has 1 fully saturated rings. The maximum Gasteiger partial charge on any atom is 0.228 e. The third-order valence-corrected chi connectivity index (χ3v) is 2.43. The first kappa shape index (κ1) is 10.2. The van der Waals surface area contributed by atoms with E-state index in [4.69, 9.17) is 4.74 Å². The van der Waals surface area contributed by atoms with E-state index in [1.807, 2.05) is 13.0 Å². The Labute approximate surface area is 89.5 Å². The fourth-order valence-electron chi connectivity index (χ4n) is 1.64. The first-order valence-corrected chi connectivity index (χ1v) is 5.15. The van der Waals surface area contributed by atoms with Gasteiger partial charge in [0.25, 0.3) is 0 Å². The monoisotopic (exact) mass is 208 g/mol. The van der Waals surface area contributed by atoms with Crippen LogP contribution in [0.1, 0.15) is 5.69 Å². The van der Waals surface area contributed by atoms with Gasteiger partial charge in [0.2, 0.25) is 11.8 Å². The van der Waals surface area contributed by atoms with Crippen molar-refractivity contribution in [1.82, 2.24) is 15.3 Å². The molecule has 0 spiro atoms. The Balaban J connectivity index is 2.22. The largest absolute Gasteiger partial charge is 0.481 e. The van der Waals surface area contributed by atoms with Gasteiger partial charge in [0, 0.05) is 37.9 Å². The van der Waals surface area contributed by atoms with Crippen molar-refractivity contribution in [1.29, 1.82) is 0 Å². The first-order chi connectivity index (χ1) is 7.29. The van der Waals surface area contributed by atoms with Gasteiger partial charge in [-0.25, -0.2) is 4.98 Å². The first-order valence-electron chi connectivity index (χ1n) is 5.15. The lowest BCUT2D eigenvalue weighted by atomic mass is 10.4. The van der Waals surface area contributed by atoms with E-state index in [9.17, 15) is 0 Å². The molecular formula is C10H16N4O. The maximum absolute atomic E-state index is 5.13. The third kappa shape index (κ3) is 2.36. The molecule has 1 saturated heterocycles. The summed E-state index contributed by atoms with van der Waals surface area (Å²) in [5.41, 5.74) is 0.940. The predicted octanol–water partition coefficient (Wildman–Crippen LogP) is 0.203. The predicted molar refractivity (Wildman–Crippen MR) is 58.4 cm³/mol. The van der Waals surface area contributed by atoms with Crippen molar-refractivity contribution in [3.63, 3.8) is 0 Å². The molecule has 15 heavy (non-hydrogen) atoms. The quantitative estimate of drug-likeness (QED) is 0.752. The highest BCUT2D eigenvalue weighted by atomic mass is 16.5. The van der Waals surface area contributed by atoms with Crippen LogP contribution in [0.25, 0.3) is 0 Å². The minimum atomic E-state index is 0.635. The number of ether oxygens (including phenoxy) is 1. The van der Waals surface area contributed by atoms with Crippen molar-refractivity contribution in [2.45, 2.75) is 6.92 Å². The summed E-state index contributed by atoms with van der Waals surface area (Å²) in [5.74, 6) is 1.41. The van der Waals surface area contributed by atoms with Gasteiger partial charge >= 0.3 is 0 Å². The van der Waals surface area contributed by atoms with Gasteiger partial charge < -0.3 is 15.0 Å². The standard InChI is InChI=1S/C10H16N4O/c1-8-7-9(15-2)13-10(12-8)14-5-3-11-4-6-14/h7,11H,3-6H2,1-2H3. The Kier molecular flexibility index (Phi) is 3.01.